The van der Waals surface area contributed by atoms with Crippen LogP contribution in [0.15, 0.2) is 66.7 Å². The fourth-order valence-corrected chi connectivity index (χ4v) is 3.93. The number of carbonyl (C=O) groups is 2. The number of benzene rings is 3. The van der Waals surface area contributed by atoms with Crippen LogP contribution in [0.25, 0.3) is 10.8 Å². The summed E-state index contributed by atoms with van der Waals surface area (Å²) in [6.07, 6.45) is -0.172. The second-order valence-electron chi connectivity index (χ2n) is 7.82. The molecule has 0 aromatic heterocycles. The lowest BCUT2D eigenvalue weighted by molar-refractivity contribution is -0.139. The number of amides is 1. The predicted molar refractivity (Wildman–Crippen MR) is 129 cm³/mol. The molecule has 0 bridgehead atoms. The van der Waals surface area contributed by atoms with E-state index >= 15 is 0 Å². The van der Waals surface area contributed by atoms with Crippen LogP contribution in [0.4, 0.5) is 5.69 Å². The number of nitrogens with one attached hydrogen (secondary N) is 1. The number of aliphatic carboxylic acids is 1. The van der Waals surface area contributed by atoms with Gasteiger partial charge in [0.25, 0.3) is 5.91 Å². The summed E-state index contributed by atoms with van der Waals surface area (Å²) in [5, 5.41) is 14.8. The molecule has 1 aliphatic heterocycles. The highest BCUT2D eigenvalue weighted by atomic mass is 35.5. The van der Waals surface area contributed by atoms with E-state index < -0.39 is 12.6 Å². The van der Waals surface area contributed by atoms with Gasteiger partial charge in [-0.2, -0.15) is 0 Å². The van der Waals surface area contributed by atoms with Crippen LogP contribution >= 0.6 is 12.4 Å². The first kappa shape index (κ1) is 24.5. The maximum absolute atomic E-state index is 12.5. The standard InChI is InChI=1S/C25H26N2O5.ClH/c1-17(22-11-4-7-18-6-2-3-10-23(18)22)26-13-21-14-27(24(28)15-31-21)19-8-5-9-20(12-19)32-16-25(29)30;/h2-12,17,21,26H,13-16H2,1H3,(H,29,30);1H/t17-,21?;/m1./s1. The molecule has 174 valence electrons. The molecule has 3 aromatic rings. The quantitative estimate of drug-likeness (QED) is 0.520. The van der Waals surface area contributed by atoms with E-state index in [1.54, 1.807) is 29.2 Å². The van der Waals surface area contributed by atoms with Crippen LogP contribution in [0.5, 0.6) is 5.75 Å². The monoisotopic (exact) mass is 470 g/mol. The second-order valence-corrected chi connectivity index (χ2v) is 7.82. The molecule has 1 fully saturated rings. The molecule has 1 amide bonds. The molecule has 7 nitrogen and oxygen atoms in total. The van der Waals surface area contributed by atoms with Crippen molar-refractivity contribution in [3.8, 4) is 5.75 Å². The zero-order chi connectivity index (χ0) is 22.5. The van der Waals surface area contributed by atoms with Crippen molar-refractivity contribution in [1.29, 1.82) is 0 Å². The fraction of sp³-hybridized carbons (Fsp3) is 0.280. The Kier molecular flexibility index (Phi) is 8.27. The summed E-state index contributed by atoms with van der Waals surface area (Å²) in [5.74, 6) is -0.786. The summed E-state index contributed by atoms with van der Waals surface area (Å²) in [7, 11) is 0. The molecule has 2 N–H and O–H groups in total. The highest BCUT2D eigenvalue weighted by Gasteiger charge is 2.28. The number of carboxylic acid groups (broad SMARTS) is 1. The number of carbonyl (C=O) groups excluding carboxylic acids is 1. The van der Waals surface area contributed by atoms with E-state index in [0.29, 0.717) is 24.5 Å². The van der Waals surface area contributed by atoms with Crippen molar-refractivity contribution in [2.24, 2.45) is 0 Å². The Morgan fingerprint density at radius 1 is 1.18 bits per heavy atom. The van der Waals surface area contributed by atoms with Crippen molar-refractivity contribution >= 4 is 40.7 Å². The lowest BCUT2D eigenvalue weighted by Gasteiger charge is -2.33. The molecule has 0 radical (unpaired) electrons. The van der Waals surface area contributed by atoms with Gasteiger partial charge in [0, 0.05) is 24.3 Å². The largest absolute Gasteiger partial charge is 0.482 e. The van der Waals surface area contributed by atoms with E-state index in [4.69, 9.17) is 14.6 Å². The first-order valence-electron chi connectivity index (χ1n) is 10.6. The average molecular weight is 471 g/mol. The van der Waals surface area contributed by atoms with Crippen molar-refractivity contribution in [2.75, 3.05) is 31.2 Å². The molecular formula is C25H27ClN2O5. The summed E-state index contributed by atoms with van der Waals surface area (Å²) >= 11 is 0. The number of halogens is 1. The Labute approximate surface area is 198 Å². The third-order valence-electron chi connectivity index (χ3n) is 5.56. The number of carboxylic acids is 1. The van der Waals surface area contributed by atoms with Gasteiger partial charge >= 0.3 is 5.97 Å². The van der Waals surface area contributed by atoms with Gasteiger partial charge < -0.3 is 24.8 Å². The number of rotatable bonds is 8. The van der Waals surface area contributed by atoms with Crippen LogP contribution in [-0.4, -0.2) is 49.4 Å². The van der Waals surface area contributed by atoms with Crippen LogP contribution in [0.1, 0.15) is 18.5 Å². The Bertz CT molecular complexity index is 1120. The Hall–Kier alpha value is -3.13. The highest BCUT2D eigenvalue weighted by Crippen LogP contribution is 2.26. The number of hydrogen-bond donors (Lipinski definition) is 2. The Morgan fingerprint density at radius 2 is 1.94 bits per heavy atom. The van der Waals surface area contributed by atoms with Crippen molar-refractivity contribution in [3.05, 3.63) is 72.3 Å². The first-order valence-corrected chi connectivity index (χ1v) is 10.6. The van der Waals surface area contributed by atoms with E-state index in [-0.39, 0.29) is 37.1 Å². The smallest absolute Gasteiger partial charge is 0.341 e. The summed E-state index contributed by atoms with van der Waals surface area (Å²) < 4.78 is 11.0. The molecule has 4 rings (SSSR count). The third-order valence-corrected chi connectivity index (χ3v) is 5.56. The van der Waals surface area contributed by atoms with Gasteiger partial charge in [0.2, 0.25) is 0 Å². The molecule has 33 heavy (non-hydrogen) atoms. The van der Waals surface area contributed by atoms with Crippen LogP contribution in [-0.2, 0) is 14.3 Å². The highest BCUT2D eigenvalue weighted by molar-refractivity contribution is 5.95. The molecule has 1 unspecified atom stereocenters. The molecular weight excluding hydrogens is 444 g/mol. The number of nitrogens with zero attached hydrogens (tertiary/aromatic N) is 1. The van der Waals surface area contributed by atoms with Gasteiger partial charge in [0.15, 0.2) is 6.61 Å². The van der Waals surface area contributed by atoms with Gasteiger partial charge in [-0.05, 0) is 35.4 Å². The summed E-state index contributed by atoms with van der Waals surface area (Å²) in [6, 6.07) is 21.6. The molecule has 8 heteroatoms. The van der Waals surface area contributed by atoms with Crippen molar-refractivity contribution in [2.45, 2.75) is 19.1 Å². The number of morpholine rings is 1. The van der Waals surface area contributed by atoms with E-state index in [2.05, 4.69) is 42.6 Å². The molecule has 0 spiro atoms. The normalized spacial score (nSPS) is 16.8. The molecule has 0 aliphatic carbocycles. The SMILES string of the molecule is C[C@@H](NCC1CN(c2cccc(OCC(=O)O)c2)C(=O)CO1)c1cccc2ccccc12.Cl. The van der Waals surface area contributed by atoms with Gasteiger partial charge in [0.05, 0.1) is 12.6 Å². The summed E-state index contributed by atoms with van der Waals surface area (Å²) in [5.41, 5.74) is 1.88. The van der Waals surface area contributed by atoms with Crippen LogP contribution in [0, 0.1) is 0 Å². The number of anilines is 1. The Balaban J connectivity index is 0.00000306. The molecule has 1 saturated heterocycles. The van der Waals surface area contributed by atoms with Crippen molar-refractivity contribution in [1.82, 2.24) is 5.32 Å². The van der Waals surface area contributed by atoms with E-state index in [1.165, 1.54) is 16.3 Å². The summed E-state index contributed by atoms with van der Waals surface area (Å²) in [6.45, 7) is 2.67. The lowest BCUT2D eigenvalue weighted by atomic mass is 9.99. The minimum Gasteiger partial charge on any atom is -0.482 e. The molecule has 1 heterocycles. The van der Waals surface area contributed by atoms with Gasteiger partial charge in [-0.15, -0.1) is 12.4 Å². The maximum Gasteiger partial charge on any atom is 0.341 e. The zero-order valence-electron chi connectivity index (χ0n) is 18.3. The van der Waals surface area contributed by atoms with Crippen LogP contribution in [0.3, 0.4) is 0 Å². The minimum atomic E-state index is -1.05. The zero-order valence-corrected chi connectivity index (χ0v) is 19.1. The Morgan fingerprint density at radius 3 is 2.76 bits per heavy atom. The van der Waals surface area contributed by atoms with Gasteiger partial charge in [-0.3, -0.25) is 4.79 Å². The van der Waals surface area contributed by atoms with Crippen molar-refractivity contribution < 1.29 is 24.2 Å². The van der Waals surface area contributed by atoms with Crippen molar-refractivity contribution in [3.63, 3.8) is 0 Å². The van der Waals surface area contributed by atoms with Gasteiger partial charge in [-0.1, -0.05) is 48.5 Å². The van der Waals surface area contributed by atoms with Crippen LogP contribution < -0.4 is 15.0 Å². The first-order chi connectivity index (χ1) is 15.5. The van der Waals surface area contributed by atoms with E-state index in [1.807, 2.05) is 12.1 Å². The van der Waals surface area contributed by atoms with E-state index in [9.17, 15) is 9.59 Å². The molecule has 3 aromatic carbocycles. The fourth-order valence-electron chi connectivity index (χ4n) is 3.93. The molecule has 1 aliphatic rings. The van der Waals surface area contributed by atoms with E-state index in [0.717, 1.165) is 0 Å². The van der Waals surface area contributed by atoms with Gasteiger partial charge in [0.1, 0.15) is 12.4 Å². The predicted octanol–water partition coefficient (Wildman–Crippen LogP) is 3.81. The summed E-state index contributed by atoms with van der Waals surface area (Å²) in [4.78, 5) is 24.9. The van der Waals surface area contributed by atoms with Crippen LogP contribution in [0.2, 0.25) is 0 Å². The third kappa shape index (κ3) is 6.01. The molecule has 2 atom stereocenters. The molecule has 0 saturated carbocycles. The minimum absolute atomic E-state index is 0. The number of hydrogen-bond acceptors (Lipinski definition) is 5. The second kappa shape index (κ2) is 11.1. The topological polar surface area (TPSA) is 88.1 Å². The maximum atomic E-state index is 12.5. The number of ether oxygens (including phenoxy) is 2. The number of fused-ring (bicyclic) bond motifs is 1. The average Bonchev–Trinajstić information content (AvgIpc) is 2.82. The lowest BCUT2D eigenvalue weighted by Crippen LogP contribution is -2.50. The van der Waals surface area contributed by atoms with Gasteiger partial charge in [-0.25, -0.2) is 4.79 Å².